The Kier molecular flexibility index (Phi) is 4.61. The molecule has 0 aromatic carbocycles. The summed E-state index contributed by atoms with van der Waals surface area (Å²) in [6.45, 7) is 2.17. The first-order valence-electron chi connectivity index (χ1n) is 5.08. The van der Waals surface area contributed by atoms with E-state index in [2.05, 4.69) is 23.1 Å². The molecule has 4 nitrogen and oxygen atoms in total. The lowest BCUT2D eigenvalue weighted by Crippen LogP contribution is -2.31. The van der Waals surface area contributed by atoms with Gasteiger partial charge in [0.2, 0.25) is 0 Å². The van der Waals surface area contributed by atoms with Crippen LogP contribution in [0.1, 0.15) is 12.6 Å². The molecule has 0 aliphatic rings. The first-order chi connectivity index (χ1) is 7.56. The Morgan fingerprint density at radius 1 is 1.69 bits per heavy atom. The molecule has 0 saturated carbocycles. The van der Waals surface area contributed by atoms with Gasteiger partial charge >= 0.3 is 0 Å². The predicted octanol–water partition coefficient (Wildman–Crippen LogP) is 1.55. The summed E-state index contributed by atoms with van der Waals surface area (Å²) in [6, 6.07) is 4.22. The maximum atomic E-state index is 7.35. The molecule has 88 valence electrons. The van der Waals surface area contributed by atoms with E-state index in [0.29, 0.717) is 11.7 Å². The minimum absolute atomic E-state index is 0.00719. The molecule has 1 rings (SSSR count). The van der Waals surface area contributed by atoms with Crippen LogP contribution in [0.3, 0.4) is 0 Å². The Bertz CT molecular complexity index is 367. The van der Waals surface area contributed by atoms with Gasteiger partial charge in [-0.1, -0.05) is 0 Å². The zero-order valence-electron chi connectivity index (χ0n) is 9.90. The molecule has 1 atom stereocenters. The second kappa shape index (κ2) is 5.75. The molecule has 0 saturated heterocycles. The van der Waals surface area contributed by atoms with Crippen LogP contribution in [0.5, 0.6) is 0 Å². The summed E-state index contributed by atoms with van der Waals surface area (Å²) in [5.74, 6) is 1.07. The maximum absolute atomic E-state index is 7.35. The number of amidine groups is 1. The van der Waals surface area contributed by atoms with Crippen LogP contribution in [0.25, 0.3) is 0 Å². The Labute approximate surface area is 101 Å². The molecular weight excluding hydrogens is 220 g/mol. The van der Waals surface area contributed by atoms with Gasteiger partial charge in [0.05, 0.1) is 0 Å². The second-order valence-electron chi connectivity index (χ2n) is 3.73. The molecule has 0 spiro atoms. The van der Waals surface area contributed by atoms with Crippen molar-refractivity contribution in [2.24, 2.45) is 5.73 Å². The van der Waals surface area contributed by atoms with E-state index >= 15 is 0 Å². The number of nitrogen functional groups attached to an aromatic ring is 1. The maximum Gasteiger partial charge on any atom is 0.141 e. The van der Waals surface area contributed by atoms with Crippen molar-refractivity contribution in [1.82, 2.24) is 4.98 Å². The van der Waals surface area contributed by atoms with Gasteiger partial charge in [0.25, 0.3) is 0 Å². The van der Waals surface area contributed by atoms with E-state index < -0.39 is 0 Å². The van der Waals surface area contributed by atoms with Crippen LogP contribution >= 0.6 is 11.8 Å². The van der Waals surface area contributed by atoms with Gasteiger partial charge in [-0.25, -0.2) is 0 Å². The number of hydrogen-bond acceptors (Lipinski definition) is 4. The van der Waals surface area contributed by atoms with Gasteiger partial charge < -0.3 is 10.6 Å². The van der Waals surface area contributed by atoms with E-state index in [9.17, 15) is 0 Å². The van der Waals surface area contributed by atoms with Crippen molar-refractivity contribution in [3.63, 3.8) is 0 Å². The van der Waals surface area contributed by atoms with Gasteiger partial charge in [0.1, 0.15) is 11.5 Å². The highest BCUT2D eigenvalue weighted by Crippen LogP contribution is 2.16. The number of rotatable bonds is 5. The Morgan fingerprint density at radius 3 is 2.94 bits per heavy atom. The van der Waals surface area contributed by atoms with Crippen LogP contribution in [0.4, 0.5) is 5.69 Å². The fraction of sp³-hybridized carbons (Fsp3) is 0.455. The van der Waals surface area contributed by atoms with Crippen molar-refractivity contribution in [1.29, 1.82) is 5.41 Å². The molecule has 5 heteroatoms. The number of thioether (sulfide) groups is 1. The van der Waals surface area contributed by atoms with E-state index in [1.807, 2.05) is 30.9 Å². The molecule has 0 aliphatic carbocycles. The smallest absolute Gasteiger partial charge is 0.141 e. The third-order valence-corrected chi connectivity index (χ3v) is 3.31. The molecular formula is C11H18N4S. The molecule has 3 N–H and O–H groups in total. The quantitative estimate of drug-likeness (QED) is 0.603. The number of nitrogens with zero attached hydrogens (tertiary/aromatic N) is 2. The zero-order valence-corrected chi connectivity index (χ0v) is 10.7. The number of anilines is 1. The minimum atomic E-state index is 0.00719. The van der Waals surface area contributed by atoms with Gasteiger partial charge in [-0.2, -0.15) is 11.8 Å². The fourth-order valence-corrected chi connectivity index (χ4v) is 2.10. The lowest BCUT2D eigenvalue weighted by molar-refractivity contribution is 0.764. The van der Waals surface area contributed by atoms with Gasteiger partial charge in [-0.05, 0) is 25.3 Å². The van der Waals surface area contributed by atoms with Crippen molar-refractivity contribution in [2.75, 3.05) is 24.0 Å². The molecule has 1 heterocycles. The van der Waals surface area contributed by atoms with Gasteiger partial charge in [-0.3, -0.25) is 10.4 Å². The van der Waals surface area contributed by atoms with Crippen LogP contribution < -0.4 is 10.6 Å². The molecule has 1 aromatic rings. The fourth-order valence-electron chi connectivity index (χ4n) is 1.39. The van der Waals surface area contributed by atoms with Gasteiger partial charge in [0, 0.05) is 30.7 Å². The standard InChI is InChI=1S/C11H18N4S/c1-8(7-16-3)15(2)9-4-5-14-10(6-9)11(12)13/h4-6,8H,7H2,1-3H3,(H3,12,13). The van der Waals surface area contributed by atoms with E-state index in [-0.39, 0.29) is 5.84 Å². The van der Waals surface area contributed by atoms with E-state index in [0.717, 1.165) is 11.4 Å². The van der Waals surface area contributed by atoms with Gasteiger partial charge in [-0.15, -0.1) is 0 Å². The Morgan fingerprint density at radius 2 is 2.38 bits per heavy atom. The highest BCUT2D eigenvalue weighted by molar-refractivity contribution is 7.98. The minimum Gasteiger partial charge on any atom is -0.382 e. The SMILES string of the molecule is CSCC(C)N(C)c1ccnc(C(=N)N)c1. The van der Waals surface area contributed by atoms with Crippen LogP contribution in [0, 0.1) is 5.41 Å². The largest absolute Gasteiger partial charge is 0.382 e. The van der Waals surface area contributed by atoms with Crippen LogP contribution in [0.15, 0.2) is 18.3 Å². The van der Waals surface area contributed by atoms with Gasteiger partial charge in [0.15, 0.2) is 0 Å². The Hall–Kier alpha value is -1.23. The Balaban J connectivity index is 2.86. The second-order valence-corrected chi connectivity index (χ2v) is 4.64. The van der Waals surface area contributed by atoms with E-state index in [1.165, 1.54) is 0 Å². The topological polar surface area (TPSA) is 66.0 Å². The molecule has 0 amide bonds. The normalized spacial score (nSPS) is 12.2. The first kappa shape index (κ1) is 12.8. The van der Waals surface area contributed by atoms with Crippen molar-refractivity contribution < 1.29 is 0 Å². The molecule has 1 unspecified atom stereocenters. The summed E-state index contributed by atoms with van der Waals surface area (Å²) in [7, 11) is 2.04. The average Bonchev–Trinajstić information content (AvgIpc) is 2.28. The summed E-state index contributed by atoms with van der Waals surface area (Å²) < 4.78 is 0. The lowest BCUT2D eigenvalue weighted by atomic mass is 10.2. The highest BCUT2D eigenvalue weighted by Gasteiger charge is 2.10. The van der Waals surface area contributed by atoms with Crippen molar-refractivity contribution in [3.8, 4) is 0 Å². The number of aromatic nitrogens is 1. The molecule has 0 fully saturated rings. The third-order valence-electron chi connectivity index (χ3n) is 2.50. The van der Waals surface area contributed by atoms with Crippen LogP contribution in [-0.2, 0) is 0 Å². The molecule has 1 aromatic heterocycles. The van der Waals surface area contributed by atoms with Crippen molar-refractivity contribution in [2.45, 2.75) is 13.0 Å². The predicted molar refractivity (Wildman–Crippen MR) is 71.5 cm³/mol. The van der Waals surface area contributed by atoms with Crippen LogP contribution in [-0.4, -0.2) is 35.9 Å². The van der Waals surface area contributed by atoms with E-state index in [4.69, 9.17) is 11.1 Å². The number of pyridine rings is 1. The third kappa shape index (κ3) is 3.13. The molecule has 0 aliphatic heterocycles. The van der Waals surface area contributed by atoms with Crippen molar-refractivity contribution >= 4 is 23.3 Å². The molecule has 0 radical (unpaired) electrons. The number of nitrogens with one attached hydrogen (secondary N) is 1. The molecule has 16 heavy (non-hydrogen) atoms. The first-order valence-corrected chi connectivity index (χ1v) is 6.48. The lowest BCUT2D eigenvalue weighted by Gasteiger charge is -2.26. The van der Waals surface area contributed by atoms with E-state index in [1.54, 1.807) is 6.20 Å². The zero-order chi connectivity index (χ0) is 12.1. The molecule has 0 bridgehead atoms. The number of hydrogen-bond donors (Lipinski definition) is 2. The summed E-state index contributed by atoms with van der Waals surface area (Å²) >= 11 is 1.82. The monoisotopic (exact) mass is 238 g/mol. The number of nitrogens with two attached hydrogens (primary N) is 1. The highest BCUT2D eigenvalue weighted by atomic mass is 32.2. The summed E-state index contributed by atoms with van der Waals surface area (Å²) in [4.78, 5) is 6.22. The summed E-state index contributed by atoms with van der Waals surface area (Å²) in [6.07, 6.45) is 3.78. The summed E-state index contributed by atoms with van der Waals surface area (Å²) in [5, 5.41) is 7.35. The van der Waals surface area contributed by atoms with Crippen LogP contribution in [0.2, 0.25) is 0 Å². The summed E-state index contributed by atoms with van der Waals surface area (Å²) in [5.41, 5.74) is 6.99. The van der Waals surface area contributed by atoms with Crippen molar-refractivity contribution in [3.05, 3.63) is 24.0 Å². The average molecular weight is 238 g/mol.